The molecule has 0 atom stereocenters. The van der Waals surface area contributed by atoms with Gasteiger partial charge in [0.15, 0.2) is 0 Å². The van der Waals surface area contributed by atoms with E-state index in [9.17, 15) is 4.79 Å². The van der Waals surface area contributed by atoms with Crippen LogP contribution in [0.15, 0.2) is 71.1 Å². The van der Waals surface area contributed by atoms with Crippen LogP contribution >= 0.6 is 22.9 Å². The third-order valence-electron chi connectivity index (χ3n) is 5.13. The lowest BCUT2D eigenvalue weighted by Gasteiger charge is -2.11. The Hall–Kier alpha value is -3.02. The van der Waals surface area contributed by atoms with E-state index in [4.69, 9.17) is 16.6 Å². The van der Waals surface area contributed by atoms with E-state index < -0.39 is 0 Å². The first kappa shape index (κ1) is 21.2. The van der Waals surface area contributed by atoms with E-state index in [1.165, 1.54) is 5.56 Å². The minimum atomic E-state index is -0.288. The van der Waals surface area contributed by atoms with Gasteiger partial charge in [0, 0.05) is 10.9 Å². The number of carbonyl (C=O) groups is 1. The van der Waals surface area contributed by atoms with Crippen molar-refractivity contribution >= 4 is 45.5 Å². The second-order valence-corrected chi connectivity index (χ2v) is 8.43. The number of pyridine rings is 1. The zero-order chi connectivity index (χ0) is 21.8. The minimum Gasteiger partial charge on any atom is -0.267 e. The summed E-state index contributed by atoms with van der Waals surface area (Å²) < 4.78 is 0. The van der Waals surface area contributed by atoms with Crippen molar-refractivity contribution in [3.8, 4) is 11.3 Å². The van der Waals surface area contributed by atoms with Crippen LogP contribution < -0.4 is 5.43 Å². The fraction of sp³-hybridized carbons (Fsp3) is 0.160. The molecule has 156 valence electrons. The van der Waals surface area contributed by atoms with E-state index in [1.807, 2.05) is 48.7 Å². The number of thiophene rings is 1. The van der Waals surface area contributed by atoms with E-state index in [-0.39, 0.29) is 5.91 Å². The van der Waals surface area contributed by atoms with Gasteiger partial charge in [-0.05, 0) is 42.0 Å². The number of rotatable bonds is 6. The quantitative estimate of drug-likeness (QED) is 0.263. The molecule has 0 aliphatic heterocycles. The smallest absolute Gasteiger partial charge is 0.267 e. The van der Waals surface area contributed by atoms with Crippen molar-refractivity contribution < 1.29 is 4.79 Å². The van der Waals surface area contributed by atoms with Crippen LogP contribution in [0.3, 0.4) is 0 Å². The molecular formula is C25H22ClN3OS. The Kier molecular flexibility index (Phi) is 6.44. The molecule has 2 aromatic carbocycles. The average molecular weight is 448 g/mol. The average Bonchev–Trinajstić information content (AvgIpc) is 3.34. The first-order valence-corrected chi connectivity index (χ1v) is 11.5. The van der Waals surface area contributed by atoms with Crippen molar-refractivity contribution in [1.82, 2.24) is 10.4 Å². The van der Waals surface area contributed by atoms with Crippen molar-refractivity contribution in [2.75, 3.05) is 0 Å². The fourth-order valence-electron chi connectivity index (χ4n) is 3.39. The number of benzene rings is 2. The van der Waals surface area contributed by atoms with Gasteiger partial charge < -0.3 is 0 Å². The number of nitrogens with one attached hydrogen (secondary N) is 1. The molecule has 0 radical (unpaired) electrons. The molecule has 0 bridgehead atoms. The normalized spacial score (nSPS) is 11.6. The Morgan fingerprint density at radius 3 is 2.58 bits per heavy atom. The molecule has 0 aliphatic carbocycles. The number of hydrogen-bond donors (Lipinski definition) is 1. The molecule has 0 unspecified atom stereocenters. The van der Waals surface area contributed by atoms with Crippen molar-refractivity contribution in [2.24, 2.45) is 5.10 Å². The van der Waals surface area contributed by atoms with Gasteiger partial charge in [-0.15, -0.1) is 11.3 Å². The van der Waals surface area contributed by atoms with Crippen LogP contribution in [0.1, 0.15) is 41.1 Å². The Morgan fingerprint density at radius 2 is 1.90 bits per heavy atom. The van der Waals surface area contributed by atoms with Gasteiger partial charge in [0.2, 0.25) is 0 Å². The summed E-state index contributed by atoms with van der Waals surface area (Å²) in [6, 6.07) is 19.4. The standard InChI is InChI=1S/C25H22ClN3OS/c1-3-16-10-12-17(13-11-16)22-15-19(18-7-5-8-20(26)24(18)27-22)25(30)29-28-21(4-2)23-9-6-14-31-23/h5-15H,3-4H2,1-2H3,(H,29,30). The molecule has 0 spiro atoms. The predicted octanol–water partition coefficient (Wildman–Crippen LogP) is 6.72. The first-order chi connectivity index (χ1) is 15.1. The number of halogens is 1. The summed E-state index contributed by atoms with van der Waals surface area (Å²) in [5.74, 6) is -0.288. The Morgan fingerprint density at radius 1 is 1.10 bits per heavy atom. The molecule has 2 heterocycles. The molecule has 4 nitrogen and oxygen atoms in total. The maximum atomic E-state index is 13.2. The number of fused-ring (bicyclic) bond motifs is 1. The number of nitrogens with zero attached hydrogens (tertiary/aromatic N) is 2. The minimum absolute atomic E-state index is 0.288. The number of para-hydroxylation sites is 1. The van der Waals surface area contributed by atoms with Gasteiger partial charge in [0.25, 0.3) is 5.91 Å². The maximum absolute atomic E-state index is 13.2. The van der Waals surface area contributed by atoms with Crippen LogP contribution in [-0.4, -0.2) is 16.6 Å². The molecule has 2 aromatic heterocycles. The van der Waals surface area contributed by atoms with Gasteiger partial charge in [-0.25, -0.2) is 10.4 Å². The molecule has 0 saturated carbocycles. The summed E-state index contributed by atoms with van der Waals surface area (Å²) in [5, 5.41) is 7.59. The molecule has 6 heteroatoms. The largest absolute Gasteiger partial charge is 0.272 e. The SMILES string of the molecule is CCC(=NNC(=O)c1cc(-c2ccc(CC)cc2)nc2c(Cl)cccc12)c1cccs1. The zero-order valence-corrected chi connectivity index (χ0v) is 18.9. The number of hydrazone groups is 1. The zero-order valence-electron chi connectivity index (χ0n) is 17.4. The van der Waals surface area contributed by atoms with Gasteiger partial charge in [-0.3, -0.25) is 4.79 Å². The van der Waals surface area contributed by atoms with Gasteiger partial charge in [0.1, 0.15) is 0 Å². The van der Waals surface area contributed by atoms with Gasteiger partial charge in [-0.2, -0.15) is 5.10 Å². The van der Waals surface area contributed by atoms with Crippen LogP contribution in [0.25, 0.3) is 22.2 Å². The Bertz CT molecular complexity index is 1250. The molecule has 0 saturated heterocycles. The number of carbonyl (C=O) groups excluding carboxylic acids is 1. The van der Waals surface area contributed by atoms with E-state index in [0.717, 1.165) is 29.0 Å². The van der Waals surface area contributed by atoms with Crippen molar-refractivity contribution in [1.29, 1.82) is 0 Å². The van der Waals surface area contributed by atoms with Crippen LogP contribution in [0.5, 0.6) is 0 Å². The summed E-state index contributed by atoms with van der Waals surface area (Å²) in [6.07, 6.45) is 1.69. The molecule has 1 N–H and O–H groups in total. The van der Waals surface area contributed by atoms with Crippen molar-refractivity contribution in [3.05, 3.63) is 87.1 Å². The summed E-state index contributed by atoms with van der Waals surface area (Å²) in [7, 11) is 0. The van der Waals surface area contributed by atoms with Crippen LogP contribution in [0.2, 0.25) is 5.02 Å². The van der Waals surface area contributed by atoms with E-state index in [0.29, 0.717) is 27.2 Å². The molecule has 4 rings (SSSR count). The number of aromatic nitrogens is 1. The lowest BCUT2D eigenvalue weighted by molar-refractivity contribution is 0.0956. The Balaban J connectivity index is 1.76. The number of amides is 1. The van der Waals surface area contributed by atoms with Gasteiger partial charge in [-0.1, -0.05) is 67.9 Å². The number of aryl methyl sites for hydroxylation is 1. The molecule has 4 aromatic rings. The molecule has 31 heavy (non-hydrogen) atoms. The van der Waals surface area contributed by atoms with Crippen LogP contribution in [-0.2, 0) is 6.42 Å². The summed E-state index contributed by atoms with van der Waals surface area (Å²) in [4.78, 5) is 19.0. The molecule has 0 fully saturated rings. The summed E-state index contributed by atoms with van der Waals surface area (Å²) in [5.41, 5.74) is 7.55. The van der Waals surface area contributed by atoms with Gasteiger partial charge in [0.05, 0.1) is 32.4 Å². The highest BCUT2D eigenvalue weighted by Crippen LogP contribution is 2.29. The first-order valence-electron chi connectivity index (χ1n) is 10.2. The third kappa shape index (κ3) is 4.53. The predicted molar refractivity (Wildman–Crippen MR) is 130 cm³/mol. The van der Waals surface area contributed by atoms with Crippen molar-refractivity contribution in [2.45, 2.75) is 26.7 Å². The Labute approximate surface area is 190 Å². The van der Waals surface area contributed by atoms with Crippen molar-refractivity contribution in [3.63, 3.8) is 0 Å². The lowest BCUT2D eigenvalue weighted by Crippen LogP contribution is -2.20. The molecular weight excluding hydrogens is 426 g/mol. The highest BCUT2D eigenvalue weighted by atomic mass is 35.5. The van der Waals surface area contributed by atoms with E-state index in [1.54, 1.807) is 23.5 Å². The highest BCUT2D eigenvalue weighted by Gasteiger charge is 2.16. The fourth-order valence-corrected chi connectivity index (χ4v) is 4.39. The summed E-state index contributed by atoms with van der Waals surface area (Å²) >= 11 is 8.04. The number of hydrogen-bond acceptors (Lipinski definition) is 4. The third-order valence-corrected chi connectivity index (χ3v) is 6.35. The summed E-state index contributed by atoms with van der Waals surface area (Å²) in [6.45, 7) is 4.14. The molecule has 1 amide bonds. The van der Waals surface area contributed by atoms with Crippen LogP contribution in [0.4, 0.5) is 0 Å². The van der Waals surface area contributed by atoms with Crippen LogP contribution in [0, 0.1) is 0 Å². The van der Waals surface area contributed by atoms with Gasteiger partial charge >= 0.3 is 0 Å². The van der Waals surface area contributed by atoms with E-state index in [2.05, 4.69) is 29.6 Å². The molecule has 0 aliphatic rings. The van der Waals surface area contributed by atoms with E-state index >= 15 is 0 Å². The maximum Gasteiger partial charge on any atom is 0.272 e. The highest BCUT2D eigenvalue weighted by molar-refractivity contribution is 7.12. The lowest BCUT2D eigenvalue weighted by atomic mass is 10.0. The topological polar surface area (TPSA) is 54.4 Å². The monoisotopic (exact) mass is 447 g/mol. The second kappa shape index (κ2) is 9.41. The second-order valence-electron chi connectivity index (χ2n) is 7.07.